The van der Waals surface area contributed by atoms with E-state index in [1.165, 1.54) is 25.3 Å². The fourth-order valence-corrected chi connectivity index (χ4v) is 5.36. The number of rotatable bonds is 4. The number of halogens is 3. The Kier molecular flexibility index (Phi) is 7.62. The maximum Gasteiger partial charge on any atom is 0.410 e. The number of carboxylic acids is 1. The Balaban J connectivity index is 1.86. The van der Waals surface area contributed by atoms with Crippen molar-refractivity contribution in [2.75, 3.05) is 25.1 Å². The van der Waals surface area contributed by atoms with E-state index >= 15 is 4.39 Å². The van der Waals surface area contributed by atoms with Crippen LogP contribution >= 0.6 is 11.6 Å². The lowest BCUT2D eigenvalue weighted by Gasteiger charge is -2.45. The summed E-state index contributed by atoms with van der Waals surface area (Å²) in [6, 6.07) is 4.74. The summed E-state index contributed by atoms with van der Waals surface area (Å²) >= 11 is 6.54. The predicted octanol–water partition coefficient (Wildman–Crippen LogP) is 6.37. The molecule has 11 heteroatoms. The smallest absolute Gasteiger partial charge is 0.410 e. The molecule has 0 aliphatic carbocycles. The van der Waals surface area contributed by atoms with Gasteiger partial charge in [-0.1, -0.05) is 17.7 Å². The first-order chi connectivity index (χ1) is 18.2. The van der Waals surface area contributed by atoms with Gasteiger partial charge < -0.3 is 19.5 Å². The number of pyridine rings is 1. The van der Waals surface area contributed by atoms with Crippen LogP contribution in [0.4, 0.5) is 19.3 Å². The first-order valence-electron chi connectivity index (χ1n) is 12.4. The standard InChI is InChI=1S/C28H30ClF2N3O5/c1-14-12-33(13-15(2)34(14)27(37)39-28(3,4)5)25-16-10-18(29)21(22-19(30)8-7-9-20(22)38-6)23(31)24(16)32-11-17(25)26(35)36/h7-11,14-15H,12-13H2,1-6H3,(H,35,36)/t14-,15+. The number of nitrogens with zero attached hydrogens (tertiary/aromatic N) is 3. The summed E-state index contributed by atoms with van der Waals surface area (Å²) in [7, 11) is 1.33. The fraction of sp³-hybridized carbons (Fsp3) is 0.393. The molecule has 2 heterocycles. The molecule has 0 bridgehead atoms. The second-order valence-corrected chi connectivity index (χ2v) is 11.0. The van der Waals surface area contributed by atoms with Gasteiger partial charge in [0.1, 0.15) is 28.2 Å². The first kappa shape index (κ1) is 28.4. The van der Waals surface area contributed by atoms with Crippen LogP contribution in [0.25, 0.3) is 22.0 Å². The highest BCUT2D eigenvalue weighted by atomic mass is 35.5. The molecule has 1 saturated heterocycles. The lowest BCUT2D eigenvalue weighted by Crippen LogP contribution is -2.59. The van der Waals surface area contributed by atoms with E-state index in [0.717, 1.165) is 12.3 Å². The maximum absolute atomic E-state index is 16.1. The summed E-state index contributed by atoms with van der Waals surface area (Å²) < 4.78 is 41.7. The summed E-state index contributed by atoms with van der Waals surface area (Å²) in [6.07, 6.45) is 0.604. The van der Waals surface area contributed by atoms with Crippen molar-refractivity contribution >= 4 is 40.3 Å². The van der Waals surface area contributed by atoms with Crippen LogP contribution in [0.15, 0.2) is 30.5 Å². The predicted molar refractivity (Wildman–Crippen MR) is 145 cm³/mol. The summed E-state index contributed by atoms with van der Waals surface area (Å²) in [5.74, 6) is -2.82. The van der Waals surface area contributed by atoms with Crippen LogP contribution < -0.4 is 9.64 Å². The van der Waals surface area contributed by atoms with Crippen LogP contribution in [0.3, 0.4) is 0 Å². The fourth-order valence-electron chi connectivity index (χ4n) is 5.07. The van der Waals surface area contributed by atoms with Crippen molar-refractivity contribution in [1.29, 1.82) is 0 Å². The molecule has 0 unspecified atom stereocenters. The van der Waals surface area contributed by atoms with Crippen molar-refractivity contribution in [2.24, 2.45) is 0 Å². The molecule has 1 amide bonds. The normalized spacial score (nSPS) is 17.9. The van der Waals surface area contributed by atoms with Crippen molar-refractivity contribution in [1.82, 2.24) is 9.88 Å². The number of hydrogen-bond acceptors (Lipinski definition) is 6. The number of anilines is 1. The molecule has 0 spiro atoms. The minimum atomic E-state index is -1.26. The van der Waals surface area contributed by atoms with Gasteiger partial charge in [-0.2, -0.15) is 0 Å². The first-order valence-corrected chi connectivity index (χ1v) is 12.8. The molecule has 0 radical (unpaired) electrons. The second kappa shape index (κ2) is 10.5. The van der Waals surface area contributed by atoms with E-state index in [0.29, 0.717) is 0 Å². The number of amides is 1. The Morgan fingerprint density at radius 1 is 1.13 bits per heavy atom. The molecule has 2 atom stereocenters. The summed E-state index contributed by atoms with van der Waals surface area (Å²) in [5.41, 5.74) is -1.20. The average Bonchev–Trinajstić information content (AvgIpc) is 2.82. The van der Waals surface area contributed by atoms with Crippen LogP contribution in [0.5, 0.6) is 5.75 Å². The third-order valence-corrected chi connectivity index (χ3v) is 6.84. The van der Waals surface area contributed by atoms with Crippen molar-refractivity contribution in [3.05, 3.63) is 52.7 Å². The van der Waals surface area contributed by atoms with E-state index in [1.807, 2.05) is 13.8 Å². The van der Waals surface area contributed by atoms with Crippen molar-refractivity contribution in [3.8, 4) is 16.9 Å². The Bertz CT molecular complexity index is 1450. The van der Waals surface area contributed by atoms with E-state index < -0.39 is 29.3 Å². The van der Waals surface area contributed by atoms with E-state index in [2.05, 4.69) is 4.98 Å². The van der Waals surface area contributed by atoms with Gasteiger partial charge in [-0.3, -0.25) is 9.88 Å². The lowest BCUT2D eigenvalue weighted by atomic mass is 9.98. The molecule has 39 heavy (non-hydrogen) atoms. The molecule has 1 aliphatic heterocycles. The van der Waals surface area contributed by atoms with Gasteiger partial charge in [0.2, 0.25) is 0 Å². The number of fused-ring (bicyclic) bond motifs is 1. The molecule has 1 aliphatic rings. The summed E-state index contributed by atoms with van der Waals surface area (Å²) in [6.45, 7) is 9.47. The van der Waals surface area contributed by atoms with Gasteiger partial charge in [0, 0.05) is 30.2 Å². The van der Waals surface area contributed by atoms with Crippen molar-refractivity contribution in [3.63, 3.8) is 0 Å². The number of methoxy groups -OCH3 is 1. The SMILES string of the molecule is COc1cccc(F)c1-c1c(Cl)cc2c(N3C[C@@H](C)N(C(=O)OC(C)(C)C)[C@@H](C)C3)c(C(=O)O)cnc2c1F. The van der Waals surface area contributed by atoms with Gasteiger partial charge >= 0.3 is 12.1 Å². The van der Waals surface area contributed by atoms with Crippen LogP contribution in [-0.2, 0) is 4.74 Å². The van der Waals surface area contributed by atoms with Gasteiger partial charge in [0.15, 0.2) is 5.82 Å². The Labute approximate surface area is 230 Å². The minimum Gasteiger partial charge on any atom is -0.496 e. The lowest BCUT2D eigenvalue weighted by molar-refractivity contribution is 0.00561. The van der Waals surface area contributed by atoms with Gasteiger partial charge in [-0.05, 0) is 52.8 Å². The number of piperazine rings is 1. The number of benzene rings is 2. The number of carbonyl (C=O) groups is 2. The topological polar surface area (TPSA) is 92.2 Å². The molecular formula is C28H30ClF2N3O5. The zero-order valence-electron chi connectivity index (χ0n) is 22.5. The van der Waals surface area contributed by atoms with Crippen LogP contribution in [-0.4, -0.2) is 64.9 Å². The molecule has 1 N–H and O–H groups in total. The van der Waals surface area contributed by atoms with E-state index in [9.17, 15) is 19.1 Å². The number of carboxylic acid groups (broad SMARTS) is 1. The molecule has 0 saturated carbocycles. The minimum absolute atomic E-state index is 0.0819. The van der Waals surface area contributed by atoms with Gasteiger partial charge in [0.25, 0.3) is 0 Å². The quantitative estimate of drug-likeness (QED) is 0.395. The Morgan fingerprint density at radius 3 is 2.33 bits per heavy atom. The highest BCUT2D eigenvalue weighted by Gasteiger charge is 2.37. The van der Waals surface area contributed by atoms with E-state index in [1.54, 1.807) is 30.6 Å². The van der Waals surface area contributed by atoms with E-state index in [4.69, 9.17) is 21.1 Å². The Hall–Kier alpha value is -3.66. The third-order valence-electron chi connectivity index (χ3n) is 6.54. The average molecular weight is 562 g/mol. The number of aromatic carboxylic acids is 1. The number of aromatic nitrogens is 1. The van der Waals surface area contributed by atoms with Crippen molar-refractivity contribution in [2.45, 2.75) is 52.3 Å². The number of hydrogen-bond donors (Lipinski definition) is 1. The van der Waals surface area contributed by atoms with Crippen LogP contribution in [0, 0.1) is 11.6 Å². The highest BCUT2D eigenvalue weighted by Crippen LogP contribution is 2.44. The maximum atomic E-state index is 16.1. The second-order valence-electron chi connectivity index (χ2n) is 10.6. The zero-order chi connectivity index (χ0) is 28.8. The number of carbonyl (C=O) groups excluding carboxylic acids is 1. The molecule has 4 rings (SSSR count). The molecule has 208 valence electrons. The molecule has 2 aromatic carbocycles. The zero-order valence-corrected chi connectivity index (χ0v) is 23.3. The van der Waals surface area contributed by atoms with Gasteiger partial charge in [-0.15, -0.1) is 0 Å². The molecule has 1 aromatic heterocycles. The van der Waals surface area contributed by atoms with E-state index in [-0.39, 0.29) is 69.2 Å². The largest absolute Gasteiger partial charge is 0.496 e. The Morgan fingerprint density at radius 2 is 1.77 bits per heavy atom. The molecule has 8 nitrogen and oxygen atoms in total. The van der Waals surface area contributed by atoms with Crippen LogP contribution in [0.2, 0.25) is 5.02 Å². The molecular weight excluding hydrogens is 532 g/mol. The molecule has 1 fully saturated rings. The monoisotopic (exact) mass is 561 g/mol. The number of ether oxygens (including phenoxy) is 2. The summed E-state index contributed by atoms with van der Waals surface area (Å²) in [4.78, 5) is 32.6. The third kappa shape index (κ3) is 5.30. The molecule has 3 aromatic rings. The van der Waals surface area contributed by atoms with Crippen LogP contribution in [0.1, 0.15) is 45.0 Å². The highest BCUT2D eigenvalue weighted by molar-refractivity contribution is 6.34. The van der Waals surface area contributed by atoms with Crippen molar-refractivity contribution < 1.29 is 33.0 Å². The van der Waals surface area contributed by atoms with Gasteiger partial charge in [-0.25, -0.2) is 18.4 Å². The van der Waals surface area contributed by atoms with Gasteiger partial charge in [0.05, 0.1) is 35.5 Å². The summed E-state index contributed by atoms with van der Waals surface area (Å²) in [5, 5.41) is 10.0.